The van der Waals surface area contributed by atoms with Crippen LogP contribution in [-0.2, 0) is 22.9 Å². The molecule has 0 spiro atoms. The Morgan fingerprint density at radius 2 is 1.80 bits per heavy atom. The first-order chi connectivity index (χ1) is 9.63. The maximum Gasteiger partial charge on any atom is 0.240 e. The summed E-state index contributed by atoms with van der Waals surface area (Å²) in [4.78, 5) is 0.397. The standard InChI is InChI=1S/C15H24N2O2S/c1-2-9-16-10-11-17-20(18,19)15-8-7-13-5-3-4-6-14(13)12-15/h7-8,12,16-17H,2-6,9-11H2,1H3. The van der Waals surface area contributed by atoms with Crippen LogP contribution in [-0.4, -0.2) is 28.1 Å². The lowest BCUT2D eigenvalue weighted by atomic mass is 9.92. The molecule has 0 saturated heterocycles. The molecule has 0 unspecified atom stereocenters. The van der Waals surface area contributed by atoms with Crippen molar-refractivity contribution in [2.45, 2.75) is 43.9 Å². The number of nitrogens with one attached hydrogen (secondary N) is 2. The zero-order valence-corrected chi connectivity index (χ0v) is 12.9. The zero-order valence-electron chi connectivity index (χ0n) is 12.1. The molecule has 1 aromatic carbocycles. The van der Waals surface area contributed by atoms with Crippen molar-refractivity contribution in [3.05, 3.63) is 29.3 Å². The second-order valence-corrected chi connectivity index (χ2v) is 7.05. The Morgan fingerprint density at radius 3 is 2.55 bits per heavy atom. The van der Waals surface area contributed by atoms with E-state index in [2.05, 4.69) is 17.0 Å². The fourth-order valence-electron chi connectivity index (χ4n) is 2.54. The van der Waals surface area contributed by atoms with Crippen LogP contribution >= 0.6 is 0 Å². The lowest BCUT2D eigenvalue weighted by molar-refractivity contribution is 0.575. The Labute approximate surface area is 122 Å². The second-order valence-electron chi connectivity index (χ2n) is 5.29. The summed E-state index contributed by atoms with van der Waals surface area (Å²) in [5.74, 6) is 0. The number of fused-ring (bicyclic) bond motifs is 1. The summed E-state index contributed by atoms with van der Waals surface area (Å²) >= 11 is 0. The zero-order chi connectivity index (χ0) is 14.4. The van der Waals surface area contributed by atoms with E-state index >= 15 is 0 Å². The molecule has 1 aliphatic rings. The fourth-order valence-corrected chi connectivity index (χ4v) is 3.62. The molecule has 112 valence electrons. The summed E-state index contributed by atoms with van der Waals surface area (Å²) in [6.07, 6.45) is 5.49. The molecule has 0 radical (unpaired) electrons. The Kier molecular flexibility index (Phi) is 5.57. The summed E-state index contributed by atoms with van der Waals surface area (Å²) in [6.45, 7) is 4.10. The molecular formula is C15H24N2O2S. The predicted octanol–water partition coefficient (Wildman–Crippen LogP) is 1.84. The summed E-state index contributed by atoms with van der Waals surface area (Å²) < 4.78 is 27.1. The fraction of sp³-hybridized carbons (Fsp3) is 0.600. The Balaban J connectivity index is 1.98. The van der Waals surface area contributed by atoms with E-state index in [4.69, 9.17) is 0 Å². The van der Waals surface area contributed by atoms with E-state index in [9.17, 15) is 8.42 Å². The van der Waals surface area contributed by atoms with Gasteiger partial charge in [-0.1, -0.05) is 13.0 Å². The quantitative estimate of drug-likeness (QED) is 0.755. The Hall–Kier alpha value is -0.910. The van der Waals surface area contributed by atoms with Gasteiger partial charge in [-0.25, -0.2) is 13.1 Å². The van der Waals surface area contributed by atoms with E-state index < -0.39 is 10.0 Å². The van der Waals surface area contributed by atoms with Crippen LogP contribution in [0.15, 0.2) is 23.1 Å². The van der Waals surface area contributed by atoms with Gasteiger partial charge in [0.15, 0.2) is 0 Å². The van der Waals surface area contributed by atoms with Gasteiger partial charge in [0.1, 0.15) is 0 Å². The average molecular weight is 296 g/mol. The number of sulfonamides is 1. The van der Waals surface area contributed by atoms with Crippen LogP contribution in [0.3, 0.4) is 0 Å². The first-order valence-electron chi connectivity index (χ1n) is 7.45. The minimum absolute atomic E-state index is 0.397. The van der Waals surface area contributed by atoms with Crippen LogP contribution in [0, 0.1) is 0 Å². The van der Waals surface area contributed by atoms with Crippen LogP contribution in [0.5, 0.6) is 0 Å². The number of aryl methyl sites for hydroxylation is 2. The Morgan fingerprint density at radius 1 is 1.05 bits per heavy atom. The van der Waals surface area contributed by atoms with Gasteiger partial charge in [-0.15, -0.1) is 0 Å². The third-order valence-electron chi connectivity index (χ3n) is 3.65. The smallest absolute Gasteiger partial charge is 0.240 e. The number of hydrogen-bond donors (Lipinski definition) is 2. The van der Waals surface area contributed by atoms with Gasteiger partial charge in [0, 0.05) is 13.1 Å². The monoisotopic (exact) mass is 296 g/mol. The van der Waals surface area contributed by atoms with Crippen molar-refractivity contribution in [3.63, 3.8) is 0 Å². The molecule has 2 N–H and O–H groups in total. The maximum atomic E-state index is 12.2. The van der Waals surface area contributed by atoms with Gasteiger partial charge in [0.05, 0.1) is 4.90 Å². The highest BCUT2D eigenvalue weighted by molar-refractivity contribution is 7.89. The van der Waals surface area contributed by atoms with E-state index in [-0.39, 0.29) is 0 Å². The van der Waals surface area contributed by atoms with Gasteiger partial charge in [-0.3, -0.25) is 0 Å². The van der Waals surface area contributed by atoms with Gasteiger partial charge < -0.3 is 5.32 Å². The van der Waals surface area contributed by atoms with Gasteiger partial charge in [-0.05, 0) is 61.9 Å². The number of hydrogen-bond acceptors (Lipinski definition) is 3. The van der Waals surface area contributed by atoms with Crippen LogP contribution in [0.1, 0.15) is 37.3 Å². The van der Waals surface area contributed by atoms with Crippen LogP contribution in [0.25, 0.3) is 0 Å². The van der Waals surface area contributed by atoms with Crippen molar-refractivity contribution >= 4 is 10.0 Å². The molecule has 0 aromatic heterocycles. The molecule has 1 aliphatic carbocycles. The molecule has 5 heteroatoms. The van der Waals surface area contributed by atoms with Gasteiger partial charge in [-0.2, -0.15) is 0 Å². The molecule has 0 amide bonds. The van der Waals surface area contributed by atoms with Crippen molar-refractivity contribution in [2.75, 3.05) is 19.6 Å². The van der Waals surface area contributed by atoms with Crippen molar-refractivity contribution in [3.8, 4) is 0 Å². The van der Waals surface area contributed by atoms with Crippen molar-refractivity contribution in [2.24, 2.45) is 0 Å². The second kappa shape index (κ2) is 7.20. The largest absolute Gasteiger partial charge is 0.315 e. The van der Waals surface area contributed by atoms with Crippen LogP contribution < -0.4 is 10.0 Å². The first kappa shape index (κ1) is 15.5. The van der Waals surface area contributed by atoms with Crippen molar-refractivity contribution in [1.29, 1.82) is 0 Å². The summed E-state index contributed by atoms with van der Waals surface area (Å²) in [5, 5.41) is 3.18. The van der Waals surface area contributed by atoms with E-state index in [1.807, 2.05) is 12.1 Å². The van der Waals surface area contributed by atoms with Crippen molar-refractivity contribution < 1.29 is 8.42 Å². The summed E-state index contributed by atoms with van der Waals surface area (Å²) in [6, 6.07) is 5.54. The van der Waals surface area contributed by atoms with Crippen molar-refractivity contribution in [1.82, 2.24) is 10.0 Å². The van der Waals surface area contributed by atoms with Gasteiger partial charge in [0.25, 0.3) is 0 Å². The summed E-state index contributed by atoms with van der Waals surface area (Å²) in [7, 11) is -3.37. The Bertz CT molecular complexity index is 541. The lowest BCUT2D eigenvalue weighted by Crippen LogP contribution is -2.32. The molecule has 0 saturated carbocycles. The molecular weight excluding hydrogens is 272 g/mol. The molecule has 0 aliphatic heterocycles. The van der Waals surface area contributed by atoms with E-state index in [1.165, 1.54) is 17.5 Å². The molecule has 2 rings (SSSR count). The maximum absolute atomic E-state index is 12.2. The van der Waals surface area contributed by atoms with E-state index in [0.29, 0.717) is 18.0 Å². The molecule has 0 fully saturated rings. The highest BCUT2D eigenvalue weighted by Crippen LogP contribution is 2.23. The molecule has 1 aromatic rings. The topological polar surface area (TPSA) is 58.2 Å². The van der Waals surface area contributed by atoms with E-state index in [1.54, 1.807) is 6.07 Å². The van der Waals surface area contributed by atoms with Crippen LogP contribution in [0.4, 0.5) is 0 Å². The predicted molar refractivity (Wildman–Crippen MR) is 81.4 cm³/mol. The number of benzene rings is 1. The molecule has 20 heavy (non-hydrogen) atoms. The van der Waals surface area contributed by atoms with Gasteiger partial charge in [0.2, 0.25) is 10.0 Å². The average Bonchev–Trinajstić information content (AvgIpc) is 2.46. The highest BCUT2D eigenvalue weighted by atomic mass is 32.2. The third kappa shape index (κ3) is 4.04. The van der Waals surface area contributed by atoms with Gasteiger partial charge >= 0.3 is 0 Å². The third-order valence-corrected chi connectivity index (χ3v) is 5.11. The molecule has 0 atom stereocenters. The minimum atomic E-state index is -3.37. The SMILES string of the molecule is CCCNCCNS(=O)(=O)c1ccc2c(c1)CCCC2. The summed E-state index contributed by atoms with van der Waals surface area (Å²) in [5.41, 5.74) is 2.50. The van der Waals surface area contributed by atoms with E-state index in [0.717, 1.165) is 32.2 Å². The lowest BCUT2D eigenvalue weighted by Gasteiger charge is -2.16. The molecule has 0 heterocycles. The highest BCUT2D eigenvalue weighted by Gasteiger charge is 2.17. The first-order valence-corrected chi connectivity index (χ1v) is 8.94. The minimum Gasteiger partial charge on any atom is -0.315 e. The number of rotatable bonds is 7. The van der Waals surface area contributed by atoms with Crippen LogP contribution in [0.2, 0.25) is 0 Å². The molecule has 0 bridgehead atoms. The normalized spacial score (nSPS) is 15.1. The molecule has 4 nitrogen and oxygen atoms in total.